The highest BCUT2D eigenvalue weighted by Crippen LogP contribution is 2.26. The van der Waals surface area contributed by atoms with Crippen molar-refractivity contribution in [3.63, 3.8) is 0 Å². The molecule has 1 aromatic carbocycles. The lowest BCUT2D eigenvalue weighted by Gasteiger charge is -2.16. The van der Waals surface area contributed by atoms with Crippen molar-refractivity contribution in [2.45, 2.75) is 19.5 Å². The summed E-state index contributed by atoms with van der Waals surface area (Å²) in [5.74, 6) is -1.11. The maximum atomic E-state index is 13.8. The number of benzene rings is 1. The second kappa shape index (κ2) is 5.27. The lowest BCUT2D eigenvalue weighted by Crippen LogP contribution is -2.20. The van der Waals surface area contributed by atoms with Crippen LogP contribution in [0.25, 0.3) is 0 Å². The van der Waals surface area contributed by atoms with Crippen LogP contribution in [-0.4, -0.2) is 16.8 Å². The molecule has 0 amide bonds. The van der Waals surface area contributed by atoms with E-state index in [1.807, 2.05) is 6.92 Å². The van der Waals surface area contributed by atoms with Gasteiger partial charge >= 0.3 is 0 Å². The topological polar surface area (TPSA) is 29.9 Å². The molecule has 1 aromatic heterocycles. The highest BCUT2D eigenvalue weighted by Gasteiger charge is 2.21. The van der Waals surface area contributed by atoms with E-state index in [0.717, 1.165) is 12.1 Å². The van der Waals surface area contributed by atoms with Crippen molar-refractivity contribution in [3.05, 3.63) is 53.4 Å². The van der Waals surface area contributed by atoms with Crippen LogP contribution in [0.1, 0.15) is 24.1 Å². The Balaban J connectivity index is 2.45. The molecule has 1 atom stereocenters. The number of aryl methyl sites for hydroxylation is 1. The summed E-state index contributed by atoms with van der Waals surface area (Å²) in [5.41, 5.74) is 0.763. The molecule has 18 heavy (non-hydrogen) atoms. The third kappa shape index (κ3) is 2.26. The fourth-order valence-electron chi connectivity index (χ4n) is 1.97. The molecule has 0 saturated carbocycles. The first kappa shape index (κ1) is 12.7. The van der Waals surface area contributed by atoms with Crippen molar-refractivity contribution in [2.75, 3.05) is 7.05 Å². The van der Waals surface area contributed by atoms with Crippen molar-refractivity contribution >= 4 is 0 Å². The lowest BCUT2D eigenvalue weighted by atomic mass is 10.0. The first-order valence-corrected chi connectivity index (χ1v) is 5.81. The van der Waals surface area contributed by atoms with Crippen LogP contribution < -0.4 is 5.32 Å². The van der Waals surface area contributed by atoms with E-state index >= 15 is 0 Å². The van der Waals surface area contributed by atoms with Crippen LogP contribution in [0.3, 0.4) is 0 Å². The molecule has 0 spiro atoms. The largest absolute Gasteiger partial charge is 0.309 e. The fourth-order valence-corrected chi connectivity index (χ4v) is 1.97. The van der Waals surface area contributed by atoms with Crippen LogP contribution >= 0.6 is 0 Å². The molecule has 0 aliphatic carbocycles. The highest BCUT2D eigenvalue weighted by atomic mass is 19.1. The van der Waals surface area contributed by atoms with E-state index < -0.39 is 17.7 Å². The molecule has 5 heteroatoms. The van der Waals surface area contributed by atoms with Crippen molar-refractivity contribution in [1.29, 1.82) is 0 Å². The van der Waals surface area contributed by atoms with Crippen molar-refractivity contribution < 1.29 is 8.78 Å². The van der Waals surface area contributed by atoms with E-state index in [-0.39, 0.29) is 5.56 Å². The number of nitrogens with one attached hydrogen (secondary N) is 1. The van der Waals surface area contributed by atoms with Gasteiger partial charge in [0.1, 0.15) is 11.6 Å². The molecular weight excluding hydrogens is 236 g/mol. The van der Waals surface area contributed by atoms with Gasteiger partial charge in [0.2, 0.25) is 0 Å². The van der Waals surface area contributed by atoms with E-state index in [2.05, 4.69) is 10.4 Å². The predicted octanol–water partition coefficient (Wildman–Crippen LogP) is 2.49. The van der Waals surface area contributed by atoms with Crippen LogP contribution in [0.2, 0.25) is 0 Å². The van der Waals surface area contributed by atoms with Gasteiger partial charge in [-0.05, 0) is 26.1 Å². The molecule has 3 nitrogen and oxygen atoms in total. The standard InChI is InChI=1S/C13H15F2N3/c1-3-18-8-9(7-17-18)13(16-2)12-10(14)5-4-6-11(12)15/h4-8,13,16H,3H2,1-2H3. The van der Waals surface area contributed by atoms with Gasteiger partial charge in [0.05, 0.1) is 12.2 Å². The number of hydrogen-bond donors (Lipinski definition) is 1. The Hall–Kier alpha value is -1.75. The average Bonchev–Trinajstić information content (AvgIpc) is 2.82. The van der Waals surface area contributed by atoms with E-state index in [9.17, 15) is 8.78 Å². The third-order valence-corrected chi connectivity index (χ3v) is 2.89. The zero-order valence-electron chi connectivity index (χ0n) is 10.3. The van der Waals surface area contributed by atoms with E-state index in [1.165, 1.54) is 18.2 Å². The van der Waals surface area contributed by atoms with E-state index in [1.54, 1.807) is 24.1 Å². The quantitative estimate of drug-likeness (QED) is 0.904. The molecule has 0 aliphatic heterocycles. The van der Waals surface area contributed by atoms with Gasteiger partial charge in [-0.1, -0.05) is 6.07 Å². The maximum absolute atomic E-state index is 13.8. The molecule has 1 N–H and O–H groups in total. The fraction of sp³-hybridized carbons (Fsp3) is 0.308. The highest BCUT2D eigenvalue weighted by molar-refractivity contribution is 5.31. The minimum Gasteiger partial charge on any atom is -0.309 e. The average molecular weight is 251 g/mol. The van der Waals surface area contributed by atoms with Crippen molar-refractivity contribution in [1.82, 2.24) is 15.1 Å². The van der Waals surface area contributed by atoms with Crippen LogP contribution in [0.5, 0.6) is 0 Å². The predicted molar refractivity (Wildman–Crippen MR) is 65.2 cm³/mol. The number of hydrogen-bond acceptors (Lipinski definition) is 2. The summed E-state index contributed by atoms with van der Waals surface area (Å²) in [5, 5.41) is 7.04. The van der Waals surface area contributed by atoms with Gasteiger partial charge in [-0.15, -0.1) is 0 Å². The summed E-state index contributed by atoms with van der Waals surface area (Å²) in [6.45, 7) is 2.67. The van der Waals surface area contributed by atoms with Crippen LogP contribution in [-0.2, 0) is 6.54 Å². The SMILES string of the molecule is CCn1cc(C(NC)c2c(F)cccc2F)cn1. The molecule has 0 fully saturated rings. The first-order valence-electron chi connectivity index (χ1n) is 5.81. The molecule has 0 bridgehead atoms. The molecule has 2 rings (SSSR count). The zero-order valence-corrected chi connectivity index (χ0v) is 10.3. The van der Waals surface area contributed by atoms with E-state index in [0.29, 0.717) is 0 Å². The monoisotopic (exact) mass is 251 g/mol. The Morgan fingerprint density at radius 3 is 2.50 bits per heavy atom. The Bertz CT molecular complexity index is 517. The lowest BCUT2D eigenvalue weighted by molar-refractivity contribution is 0.522. The van der Waals surface area contributed by atoms with Crippen LogP contribution in [0.4, 0.5) is 8.78 Å². The third-order valence-electron chi connectivity index (χ3n) is 2.89. The van der Waals surface area contributed by atoms with Crippen LogP contribution in [0, 0.1) is 11.6 Å². The van der Waals surface area contributed by atoms with Gasteiger partial charge in [0.15, 0.2) is 0 Å². The normalized spacial score (nSPS) is 12.7. The molecule has 0 saturated heterocycles. The Morgan fingerprint density at radius 1 is 1.33 bits per heavy atom. The number of aromatic nitrogens is 2. The summed E-state index contributed by atoms with van der Waals surface area (Å²) < 4.78 is 29.2. The van der Waals surface area contributed by atoms with Gasteiger partial charge in [0.25, 0.3) is 0 Å². The van der Waals surface area contributed by atoms with Crippen molar-refractivity contribution in [3.8, 4) is 0 Å². The van der Waals surface area contributed by atoms with Crippen molar-refractivity contribution in [2.24, 2.45) is 0 Å². The Kier molecular flexibility index (Phi) is 3.72. The number of nitrogens with zero attached hydrogens (tertiary/aromatic N) is 2. The van der Waals surface area contributed by atoms with Crippen LogP contribution in [0.15, 0.2) is 30.6 Å². The summed E-state index contributed by atoms with van der Waals surface area (Å²) in [7, 11) is 1.67. The van der Waals surface area contributed by atoms with Gasteiger partial charge < -0.3 is 5.32 Å². The Labute approximate surface area is 104 Å². The molecule has 1 unspecified atom stereocenters. The minimum absolute atomic E-state index is 0.0238. The molecular formula is C13H15F2N3. The number of rotatable bonds is 4. The molecule has 0 aliphatic rings. The molecule has 96 valence electrons. The Morgan fingerprint density at radius 2 is 2.00 bits per heavy atom. The summed E-state index contributed by atoms with van der Waals surface area (Å²) >= 11 is 0. The first-order chi connectivity index (χ1) is 8.67. The minimum atomic E-state index is -0.557. The summed E-state index contributed by atoms with van der Waals surface area (Å²) in [4.78, 5) is 0. The summed E-state index contributed by atoms with van der Waals surface area (Å²) in [6.07, 6.45) is 3.41. The molecule has 0 radical (unpaired) electrons. The second-order valence-electron chi connectivity index (χ2n) is 3.99. The zero-order chi connectivity index (χ0) is 13.1. The second-order valence-corrected chi connectivity index (χ2v) is 3.99. The molecule has 2 aromatic rings. The summed E-state index contributed by atoms with van der Waals surface area (Å²) in [6, 6.07) is 3.34. The number of halogens is 2. The molecule has 1 heterocycles. The van der Waals surface area contributed by atoms with Gasteiger partial charge in [-0.2, -0.15) is 5.10 Å². The van der Waals surface area contributed by atoms with Gasteiger partial charge in [-0.25, -0.2) is 8.78 Å². The van der Waals surface area contributed by atoms with Gasteiger partial charge in [-0.3, -0.25) is 4.68 Å². The van der Waals surface area contributed by atoms with E-state index in [4.69, 9.17) is 0 Å². The maximum Gasteiger partial charge on any atom is 0.131 e. The smallest absolute Gasteiger partial charge is 0.131 e. The van der Waals surface area contributed by atoms with Gasteiger partial charge in [0, 0.05) is 23.9 Å².